The van der Waals surface area contributed by atoms with Crippen molar-refractivity contribution in [1.29, 1.82) is 0 Å². The van der Waals surface area contributed by atoms with E-state index in [1.165, 1.54) is 29.1 Å². The molecule has 0 aliphatic carbocycles. The Bertz CT molecular complexity index is 826. The summed E-state index contributed by atoms with van der Waals surface area (Å²) in [6.45, 7) is 0.170. The van der Waals surface area contributed by atoms with Gasteiger partial charge in [-0.25, -0.2) is 4.39 Å². The van der Waals surface area contributed by atoms with E-state index >= 15 is 0 Å². The van der Waals surface area contributed by atoms with Gasteiger partial charge in [-0.1, -0.05) is 24.3 Å². The first-order valence-corrected chi connectivity index (χ1v) is 6.62. The van der Waals surface area contributed by atoms with E-state index in [2.05, 4.69) is 15.4 Å². The Labute approximate surface area is 128 Å². The number of alkyl halides is 3. The molecule has 0 spiro atoms. The molecule has 0 bridgehead atoms. The molecule has 0 saturated heterocycles. The van der Waals surface area contributed by atoms with Crippen molar-refractivity contribution in [3.8, 4) is 11.4 Å². The fourth-order valence-corrected chi connectivity index (χ4v) is 2.06. The molecule has 0 radical (unpaired) electrons. The second-order valence-electron chi connectivity index (χ2n) is 4.85. The highest BCUT2D eigenvalue weighted by Gasteiger charge is 2.30. The van der Waals surface area contributed by atoms with Gasteiger partial charge in [-0.05, 0) is 35.0 Å². The van der Waals surface area contributed by atoms with Crippen molar-refractivity contribution in [3.05, 3.63) is 65.5 Å². The molecule has 0 N–H and O–H groups in total. The van der Waals surface area contributed by atoms with Crippen LogP contribution in [0.3, 0.4) is 0 Å². The molecule has 3 aromatic rings. The molecule has 8 heteroatoms. The minimum absolute atomic E-state index is 0.0764. The average molecular weight is 322 g/mol. The van der Waals surface area contributed by atoms with Gasteiger partial charge in [-0.2, -0.15) is 18.0 Å². The number of rotatable bonds is 3. The van der Waals surface area contributed by atoms with Gasteiger partial charge in [-0.3, -0.25) is 0 Å². The van der Waals surface area contributed by atoms with E-state index in [4.69, 9.17) is 0 Å². The maximum absolute atomic E-state index is 13.1. The predicted octanol–water partition coefficient (Wildman–Crippen LogP) is 3.55. The second-order valence-corrected chi connectivity index (χ2v) is 4.85. The summed E-state index contributed by atoms with van der Waals surface area (Å²) in [7, 11) is 0. The lowest BCUT2D eigenvalue weighted by atomic mass is 10.1. The average Bonchev–Trinajstić information content (AvgIpc) is 2.95. The van der Waals surface area contributed by atoms with Crippen molar-refractivity contribution < 1.29 is 17.6 Å². The Morgan fingerprint density at radius 2 is 1.78 bits per heavy atom. The summed E-state index contributed by atoms with van der Waals surface area (Å²) in [6, 6.07) is 10.6. The number of tetrazole rings is 1. The molecule has 0 amide bonds. The van der Waals surface area contributed by atoms with E-state index < -0.39 is 11.7 Å². The highest BCUT2D eigenvalue weighted by atomic mass is 19.4. The van der Waals surface area contributed by atoms with E-state index in [1.54, 1.807) is 12.1 Å². The molecular weight excluding hydrogens is 312 g/mol. The number of nitrogens with zero attached hydrogens (tertiary/aromatic N) is 4. The van der Waals surface area contributed by atoms with Crippen LogP contribution in [-0.2, 0) is 12.7 Å². The first-order chi connectivity index (χ1) is 10.9. The Balaban J connectivity index is 1.85. The summed E-state index contributed by atoms with van der Waals surface area (Å²) in [5.74, 6) is -0.312. The van der Waals surface area contributed by atoms with Crippen LogP contribution in [0.1, 0.15) is 11.1 Å². The standard InChI is InChI=1S/C15H10F4N4/c16-13-6-1-3-10(7-13)9-23-21-14(20-22-23)11-4-2-5-12(8-11)15(17,18)19/h1-8H,9H2. The van der Waals surface area contributed by atoms with Crippen LogP contribution in [0.4, 0.5) is 17.6 Å². The number of hydrogen-bond donors (Lipinski definition) is 0. The summed E-state index contributed by atoms with van der Waals surface area (Å²) < 4.78 is 51.3. The quantitative estimate of drug-likeness (QED) is 0.693. The van der Waals surface area contributed by atoms with Crippen molar-refractivity contribution >= 4 is 0 Å². The Morgan fingerprint density at radius 3 is 2.52 bits per heavy atom. The molecule has 2 aromatic carbocycles. The van der Waals surface area contributed by atoms with E-state index in [0.29, 0.717) is 5.56 Å². The van der Waals surface area contributed by atoms with Gasteiger partial charge in [0.1, 0.15) is 5.82 Å². The molecule has 0 fully saturated rings. The fourth-order valence-electron chi connectivity index (χ4n) is 2.06. The fraction of sp³-hybridized carbons (Fsp3) is 0.133. The van der Waals surface area contributed by atoms with E-state index in [0.717, 1.165) is 12.1 Å². The van der Waals surface area contributed by atoms with E-state index in [9.17, 15) is 17.6 Å². The number of halogens is 4. The second kappa shape index (κ2) is 5.79. The van der Waals surface area contributed by atoms with Crippen LogP contribution in [-0.4, -0.2) is 20.2 Å². The van der Waals surface area contributed by atoms with Gasteiger partial charge >= 0.3 is 6.18 Å². The molecule has 118 valence electrons. The van der Waals surface area contributed by atoms with Crippen LogP contribution in [0.25, 0.3) is 11.4 Å². The molecule has 3 rings (SSSR count). The lowest BCUT2D eigenvalue weighted by molar-refractivity contribution is -0.137. The van der Waals surface area contributed by atoms with Crippen LogP contribution in [0.2, 0.25) is 0 Å². The van der Waals surface area contributed by atoms with Gasteiger partial charge in [0.05, 0.1) is 12.1 Å². The number of benzene rings is 2. The third kappa shape index (κ3) is 3.53. The van der Waals surface area contributed by atoms with Crippen LogP contribution >= 0.6 is 0 Å². The largest absolute Gasteiger partial charge is 0.416 e. The Morgan fingerprint density at radius 1 is 1.00 bits per heavy atom. The third-order valence-corrected chi connectivity index (χ3v) is 3.11. The molecule has 23 heavy (non-hydrogen) atoms. The van der Waals surface area contributed by atoms with Gasteiger partial charge in [0.15, 0.2) is 0 Å². The number of aromatic nitrogens is 4. The van der Waals surface area contributed by atoms with Crippen LogP contribution in [0.15, 0.2) is 48.5 Å². The maximum atomic E-state index is 13.1. The highest BCUT2D eigenvalue weighted by molar-refractivity contribution is 5.55. The predicted molar refractivity (Wildman–Crippen MR) is 73.8 cm³/mol. The normalized spacial score (nSPS) is 11.7. The van der Waals surface area contributed by atoms with Gasteiger partial charge in [-0.15, -0.1) is 10.2 Å². The summed E-state index contributed by atoms with van der Waals surface area (Å²) in [5.41, 5.74) is 0.0554. The maximum Gasteiger partial charge on any atom is 0.416 e. The van der Waals surface area contributed by atoms with Gasteiger partial charge < -0.3 is 0 Å². The van der Waals surface area contributed by atoms with Crippen molar-refractivity contribution in [3.63, 3.8) is 0 Å². The van der Waals surface area contributed by atoms with Crippen molar-refractivity contribution in [1.82, 2.24) is 20.2 Å². The topological polar surface area (TPSA) is 43.6 Å². The van der Waals surface area contributed by atoms with Gasteiger partial charge in [0.2, 0.25) is 5.82 Å². The van der Waals surface area contributed by atoms with Crippen molar-refractivity contribution in [2.45, 2.75) is 12.7 Å². The SMILES string of the molecule is Fc1cccc(Cn2nnc(-c3cccc(C(F)(F)F)c3)n2)c1. The molecule has 1 aromatic heterocycles. The lowest BCUT2D eigenvalue weighted by Crippen LogP contribution is -2.05. The van der Waals surface area contributed by atoms with Gasteiger partial charge in [0, 0.05) is 5.56 Å². The molecule has 0 aliphatic rings. The molecule has 0 unspecified atom stereocenters. The van der Waals surface area contributed by atoms with E-state index in [-0.39, 0.29) is 23.7 Å². The minimum Gasteiger partial charge on any atom is -0.207 e. The zero-order chi connectivity index (χ0) is 16.4. The minimum atomic E-state index is -4.44. The zero-order valence-electron chi connectivity index (χ0n) is 11.6. The van der Waals surface area contributed by atoms with Crippen molar-refractivity contribution in [2.75, 3.05) is 0 Å². The molecule has 0 atom stereocenters. The highest BCUT2D eigenvalue weighted by Crippen LogP contribution is 2.31. The summed E-state index contributed by atoms with van der Waals surface area (Å²) in [6.07, 6.45) is -4.44. The lowest BCUT2D eigenvalue weighted by Gasteiger charge is -2.06. The molecule has 0 aliphatic heterocycles. The van der Waals surface area contributed by atoms with Crippen LogP contribution in [0.5, 0.6) is 0 Å². The summed E-state index contributed by atoms with van der Waals surface area (Å²) in [4.78, 5) is 1.20. The Hall–Kier alpha value is -2.77. The first kappa shape index (κ1) is 15.1. The number of hydrogen-bond acceptors (Lipinski definition) is 3. The van der Waals surface area contributed by atoms with Crippen LogP contribution < -0.4 is 0 Å². The first-order valence-electron chi connectivity index (χ1n) is 6.62. The smallest absolute Gasteiger partial charge is 0.207 e. The monoisotopic (exact) mass is 322 g/mol. The van der Waals surface area contributed by atoms with Crippen LogP contribution in [0, 0.1) is 5.82 Å². The van der Waals surface area contributed by atoms with Crippen molar-refractivity contribution in [2.24, 2.45) is 0 Å². The molecule has 0 saturated carbocycles. The summed E-state index contributed by atoms with van der Waals surface area (Å²) >= 11 is 0. The van der Waals surface area contributed by atoms with Gasteiger partial charge in [0.25, 0.3) is 0 Å². The molecule has 4 nitrogen and oxygen atoms in total. The molecule has 1 heterocycles. The molecular formula is C15H10F4N4. The zero-order valence-corrected chi connectivity index (χ0v) is 11.6. The summed E-state index contributed by atoms with van der Waals surface area (Å²) in [5, 5.41) is 11.6. The Kier molecular flexibility index (Phi) is 3.81. The third-order valence-electron chi connectivity index (χ3n) is 3.11. The van der Waals surface area contributed by atoms with E-state index in [1.807, 2.05) is 0 Å².